The van der Waals surface area contributed by atoms with Crippen molar-refractivity contribution >= 4 is 0 Å². The minimum atomic E-state index is -0.0455. The summed E-state index contributed by atoms with van der Waals surface area (Å²) in [4.78, 5) is 0. The summed E-state index contributed by atoms with van der Waals surface area (Å²) in [7, 11) is 0. The van der Waals surface area contributed by atoms with E-state index in [9.17, 15) is 5.11 Å². The van der Waals surface area contributed by atoms with Gasteiger partial charge in [-0.3, -0.25) is 0 Å². The summed E-state index contributed by atoms with van der Waals surface area (Å²) in [6.45, 7) is 12.4. The van der Waals surface area contributed by atoms with E-state index in [0.29, 0.717) is 16.7 Å². The first-order chi connectivity index (χ1) is 13.3. The highest BCUT2D eigenvalue weighted by Crippen LogP contribution is 2.64. The van der Waals surface area contributed by atoms with Gasteiger partial charge in [0.25, 0.3) is 0 Å². The normalized spacial score (nSPS) is 41.4. The Morgan fingerprint density at radius 2 is 1.82 bits per heavy atom. The fourth-order valence-corrected chi connectivity index (χ4v) is 7.78. The van der Waals surface area contributed by atoms with Crippen LogP contribution in [0, 0.1) is 34.5 Å². The SMILES string of the molecule is CC(C)CCC[C@@H](C)[C@H]1CC=C2C3=C(CC[C@@]21C)[C@@]1(C)CCC(O)CC1CC3. The van der Waals surface area contributed by atoms with Crippen LogP contribution in [0.25, 0.3) is 0 Å². The Morgan fingerprint density at radius 3 is 2.57 bits per heavy atom. The first kappa shape index (κ1) is 20.7. The number of allylic oxidation sites excluding steroid dienone is 4. The molecule has 1 nitrogen and oxygen atoms in total. The zero-order valence-corrected chi connectivity index (χ0v) is 19.2. The lowest BCUT2D eigenvalue weighted by Gasteiger charge is -2.54. The van der Waals surface area contributed by atoms with Gasteiger partial charge in [0.2, 0.25) is 0 Å². The predicted octanol–water partition coefficient (Wildman–Crippen LogP) is 7.45. The van der Waals surface area contributed by atoms with Crippen LogP contribution in [-0.2, 0) is 0 Å². The molecule has 158 valence electrons. The van der Waals surface area contributed by atoms with Crippen molar-refractivity contribution < 1.29 is 5.11 Å². The Hall–Kier alpha value is -0.560. The van der Waals surface area contributed by atoms with Crippen molar-refractivity contribution in [2.24, 2.45) is 34.5 Å². The Morgan fingerprint density at radius 1 is 1.04 bits per heavy atom. The minimum absolute atomic E-state index is 0.0455. The van der Waals surface area contributed by atoms with Crippen LogP contribution in [0.3, 0.4) is 0 Å². The van der Waals surface area contributed by atoms with Gasteiger partial charge in [0.1, 0.15) is 0 Å². The molecule has 1 saturated carbocycles. The number of fused-ring (bicyclic) bond motifs is 4. The molecule has 0 heterocycles. The first-order valence-electron chi connectivity index (χ1n) is 12.4. The summed E-state index contributed by atoms with van der Waals surface area (Å²) >= 11 is 0. The Kier molecular flexibility index (Phi) is 5.62. The summed E-state index contributed by atoms with van der Waals surface area (Å²) in [6.07, 6.45) is 16.6. The number of aliphatic hydroxyl groups excluding tert-OH is 1. The van der Waals surface area contributed by atoms with Crippen LogP contribution < -0.4 is 0 Å². The summed E-state index contributed by atoms with van der Waals surface area (Å²) < 4.78 is 0. The molecule has 0 bridgehead atoms. The second-order valence-corrected chi connectivity index (χ2v) is 11.7. The molecule has 0 amide bonds. The third-order valence-corrected chi connectivity index (χ3v) is 9.61. The molecule has 0 aliphatic heterocycles. The van der Waals surface area contributed by atoms with Gasteiger partial charge in [-0.15, -0.1) is 0 Å². The number of hydrogen-bond donors (Lipinski definition) is 1. The molecule has 4 aliphatic rings. The van der Waals surface area contributed by atoms with E-state index in [2.05, 4.69) is 40.7 Å². The van der Waals surface area contributed by atoms with Crippen molar-refractivity contribution in [2.45, 2.75) is 111 Å². The molecule has 6 atom stereocenters. The van der Waals surface area contributed by atoms with Crippen LogP contribution in [0.1, 0.15) is 105 Å². The summed E-state index contributed by atoms with van der Waals surface area (Å²) in [5, 5.41) is 10.2. The molecule has 4 aliphatic carbocycles. The summed E-state index contributed by atoms with van der Waals surface area (Å²) in [5.41, 5.74) is 6.15. The number of hydrogen-bond acceptors (Lipinski definition) is 1. The fourth-order valence-electron chi connectivity index (χ4n) is 7.78. The average Bonchev–Trinajstić information content (AvgIpc) is 2.99. The van der Waals surface area contributed by atoms with Crippen molar-refractivity contribution in [3.8, 4) is 0 Å². The fraction of sp³-hybridized carbons (Fsp3) is 0.852. The molecule has 1 fully saturated rings. The van der Waals surface area contributed by atoms with Gasteiger partial charge >= 0.3 is 0 Å². The quantitative estimate of drug-likeness (QED) is 0.521. The molecule has 0 saturated heterocycles. The molecule has 0 radical (unpaired) electrons. The second kappa shape index (κ2) is 7.60. The number of rotatable bonds is 5. The Labute approximate surface area is 174 Å². The van der Waals surface area contributed by atoms with E-state index in [1.165, 1.54) is 57.8 Å². The molecule has 0 aromatic heterocycles. The minimum Gasteiger partial charge on any atom is -0.393 e. The lowest BCUT2D eigenvalue weighted by atomic mass is 9.51. The third kappa shape index (κ3) is 3.34. The zero-order chi connectivity index (χ0) is 20.1. The van der Waals surface area contributed by atoms with Crippen LogP contribution in [0.2, 0.25) is 0 Å². The molecule has 0 aromatic carbocycles. The maximum atomic E-state index is 10.2. The molecule has 1 N–H and O–H groups in total. The van der Waals surface area contributed by atoms with E-state index in [1.54, 1.807) is 11.1 Å². The lowest BCUT2D eigenvalue weighted by molar-refractivity contribution is 0.0225. The predicted molar refractivity (Wildman–Crippen MR) is 119 cm³/mol. The van der Waals surface area contributed by atoms with E-state index >= 15 is 0 Å². The van der Waals surface area contributed by atoms with Gasteiger partial charge in [-0.2, -0.15) is 0 Å². The summed E-state index contributed by atoms with van der Waals surface area (Å²) in [5.74, 6) is 3.25. The van der Waals surface area contributed by atoms with E-state index in [-0.39, 0.29) is 6.10 Å². The van der Waals surface area contributed by atoms with Gasteiger partial charge < -0.3 is 5.11 Å². The molecule has 28 heavy (non-hydrogen) atoms. The van der Waals surface area contributed by atoms with Crippen molar-refractivity contribution in [1.29, 1.82) is 0 Å². The largest absolute Gasteiger partial charge is 0.393 e. The van der Waals surface area contributed by atoms with Crippen LogP contribution in [0.15, 0.2) is 22.8 Å². The topological polar surface area (TPSA) is 20.2 Å². The molecule has 1 heteroatoms. The van der Waals surface area contributed by atoms with Crippen molar-refractivity contribution in [3.05, 3.63) is 22.8 Å². The highest BCUT2D eigenvalue weighted by Gasteiger charge is 2.52. The molecule has 4 rings (SSSR count). The average molecular weight is 385 g/mol. The van der Waals surface area contributed by atoms with Crippen LogP contribution in [0.5, 0.6) is 0 Å². The monoisotopic (exact) mass is 384 g/mol. The van der Waals surface area contributed by atoms with E-state index in [4.69, 9.17) is 0 Å². The van der Waals surface area contributed by atoms with E-state index in [0.717, 1.165) is 30.6 Å². The smallest absolute Gasteiger partial charge is 0.0543 e. The molecule has 0 spiro atoms. The van der Waals surface area contributed by atoms with Crippen molar-refractivity contribution in [3.63, 3.8) is 0 Å². The maximum Gasteiger partial charge on any atom is 0.0543 e. The van der Waals surface area contributed by atoms with Crippen LogP contribution >= 0.6 is 0 Å². The molecular weight excluding hydrogens is 340 g/mol. The van der Waals surface area contributed by atoms with Gasteiger partial charge in [-0.1, -0.05) is 65.5 Å². The van der Waals surface area contributed by atoms with Crippen LogP contribution in [0.4, 0.5) is 0 Å². The Bertz CT molecular complexity index is 655. The zero-order valence-electron chi connectivity index (χ0n) is 19.2. The lowest BCUT2D eigenvalue weighted by Crippen LogP contribution is -2.44. The van der Waals surface area contributed by atoms with Crippen molar-refractivity contribution in [2.75, 3.05) is 0 Å². The van der Waals surface area contributed by atoms with Gasteiger partial charge in [-0.25, -0.2) is 0 Å². The standard InChI is InChI=1S/C27H44O/c1-18(2)7-6-8-19(3)23-11-12-24-22-10-9-20-17-21(28)13-15-26(20,4)25(22)14-16-27(23,24)5/h12,18-21,23,28H,6-11,13-17H2,1-5H3/t19-,20?,21?,23-,26+,27-/m1/s1. The first-order valence-corrected chi connectivity index (χ1v) is 12.4. The second-order valence-electron chi connectivity index (χ2n) is 11.7. The molecular formula is C27H44O. The highest BCUT2D eigenvalue weighted by molar-refractivity contribution is 5.49. The maximum absolute atomic E-state index is 10.2. The Balaban J connectivity index is 1.54. The molecule has 2 unspecified atom stereocenters. The van der Waals surface area contributed by atoms with Gasteiger partial charge in [-0.05, 0) is 97.0 Å². The van der Waals surface area contributed by atoms with Crippen LogP contribution in [-0.4, -0.2) is 11.2 Å². The molecule has 0 aromatic rings. The van der Waals surface area contributed by atoms with Gasteiger partial charge in [0.15, 0.2) is 0 Å². The van der Waals surface area contributed by atoms with Gasteiger partial charge in [0.05, 0.1) is 6.10 Å². The van der Waals surface area contributed by atoms with E-state index in [1.807, 2.05) is 5.57 Å². The summed E-state index contributed by atoms with van der Waals surface area (Å²) in [6, 6.07) is 0. The van der Waals surface area contributed by atoms with Crippen molar-refractivity contribution in [1.82, 2.24) is 0 Å². The number of aliphatic hydroxyl groups is 1. The van der Waals surface area contributed by atoms with E-state index < -0.39 is 0 Å². The third-order valence-electron chi connectivity index (χ3n) is 9.61. The highest BCUT2D eigenvalue weighted by atomic mass is 16.3. The van der Waals surface area contributed by atoms with Gasteiger partial charge in [0, 0.05) is 0 Å².